The van der Waals surface area contributed by atoms with Gasteiger partial charge in [0, 0.05) is 11.4 Å². The van der Waals surface area contributed by atoms with Gasteiger partial charge in [0.2, 0.25) is 0 Å². The van der Waals surface area contributed by atoms with Crippen LogP contribution < -0.4 is 11.1 Å². The normalized spacial score (nSPS) is 10.5. The maximum Gasteiger partial charge on any atom is 0.340 e. The quantitative estimate of drug-likeness (QED) is 0.643. The molecule has 2 aromatic rings. The summed E-state index contributed by atoms with van der Waals surface area (Å²) in [6.07, 6.45) is 0.819. The molecule has 0 fully saturated rings. The number of benzene rings is 2. The van der Waals surface area contributed by atoms with Gasteiger partial charge in [-0.15, -0.1) is 0 Å². The summed E-state index contributed by atoms with van der Waals surface area (Å²) in [4.78, 5) is 12.2. The number of esters is 1. The second kappa shape index (κ2) is 6.98. The number of rotatable bonds is 5. The highest BCUT2D eigenvalue weighted by Crippen LogP contribution is 2.24. The molecule has 3 N–H and O–H groups in total. The molecule has 0 spiro atoms. The van der Waals surface area contributed by atoms with Crippen LogP contribution in [0.4, 0.5) is 17.1 Å². The molecule has 0 aliphatic rings. The molecule has 116 valence electrons. The Morgan fingerprint density at radius 3 is 2.45 bits per heavy atom. The standard InChI is InChI=1S/C18H22N2O2/c1-4-13-5-8-15(9-6-13)20-17-10-7-14(19)11-16(17)18(21)22-12(2)3/h5-12,20H,4,19H2,1-3H3. The Hall–Kier alpha value is -2.49. The summed E-state index contributed by atoms with van der Waals surface area (Å²) in [6.45, 7) is 5.75. The fraction of sp³-hybridized carbons (Fsp3) is 0.278. The van der Waals surface area contributed by atoms with Gasteiger partial charge >= 0.3 is 5.97 Å². The molecule has 0 radical (unpaired) electrons. The molecule has 0 saturated heterocycles. The zero-order chi connectivity index (χ0) is 16.1. The minimum atomic E-state index is -0.380. The molecule has 2 rings (SSSR count). The molecule has 0 heterocycles. The van der Waals surface area contributed by atoms with Crippen molar-refractivity contribution in [2.75, 3.05) is 11.1 Å². The zero-order valence-electron chi connectivity index (χ0n) is 13.2. The van der Waals surface area contributed by atoms with Crippen LogP contribution in [0.5, 0.6) is 0 Å². The van der Waals surface area contributed by atoms with Gasteiger partial charge < -0.3 is 15.8 Å². The molecule has 0 aliphatic heterocycles. The Bertz CT molecular complexity index is 649. The first-order valence-corrected chi connectivity index (χ1v) is 7.46. The Morgan fingerprint density at radius 2 is 1.86 bits per heavy atom. The van der Waals surface area contributed by atoms with Crippen LogP contribution >= 0.6 is 0 Å². The van der Waals surface area contributed by atoms with Gasteiger partial charge in [-0.3, -0.25) is 0 Å². The van der Waals surface area contributed by atoms with Crippen molar-refractivity contribution in [3.8, 4) is 0 Å². The van der Waals surface area contributed by atoms with Gasteiger partial charge in [-0.25, -0.2) is 4.79 Å². The van der Waals surface area contributed by atoms with Gasteiger partial charge in [0.15, 0.2) is 0 Å². The molecule has 0 amide bonds. The Labute approximate surface area is 131 Å². The maximum atomic E-state index is 12.2. The second-order valence-electron chi connectivity index (χ2n) is 5.43. The van der Waals surface area contributed by atoms with Gasteiger partial charge in [0.1, 0.15) is 0 Å². The van der Waals surface area contributed by atoms with Crippen LogP contribution in [-0.4, -0.2) is 12.1 Å². The average molecular weight is 298 g/mol. The zero-order valence-corrected chi connectivity index (χ0v) is 13.2. The van der Waals surface area contributed by atoms with E-state index in [1.807, 2.05) is 26.0 Å². The molecule has 0 bridgehead atoms. The summed E-state index contributed by atoms with van der Waals surface area (Å²) in [6, 6.07) is 13.3. The molecule has 4 nitrogen and oxygen atoms in total. The first kappa shape index (κ1) is 15.9. The molecule has 0 aromatic heterocycles. The van der Waals surface area contributed by atoms with E-state index < -0.39 is 0 Å². The van der Waals surface area contributed by atoms with E-state index in [1.165, 1.54) is 5.56 Å². The van der Waals surface area contributed by atoms with Gasteiger partial charge in [-0.05, 0) is 56.2 Å². The predicted octanol–water partition coefficient (Wildman–Crippen LogP) is 4.14. The van der Waals surface area contributed by atoms with Crippen molar-refractivity contribution in [1.82, 2.24) is 0 Å². The third-order valence-corrected chi connectivity index (χ3v) is 3.25. The van der Waals surface area contributed by atoms with Crippen molar-refractivity contribution in [2.45, 2.75) is 33.3 Å². The predicted molar refractivity (Wildman–Crippen MR) is 90.5 cm³/mol. The van der Waals surface area contributed by atoms with Crippen LogP contribution in [0.25, 0.3) is 0 Å². The van der Waals surface area contributed by atoms with Crippen LogP contribution in [0, 0.1) is 0 Å². The first-order chi connectivity index (χ1) is 10.5. The lowest BCUT2D eigenvalue weighted by molar-refractivity contribution is 0.0379. The molecule has 4 heteroatoms. The largest absolute Gasteiger partial charge is 0.459 e. The number of nitrogen functional groups attached to an aromatic ring is 1. The summed E-state index contributed by atoms with van der Waals surface area (Å²) in [7, 11) is 0. The monoisotopic (exact) mass is 298 g/mol. The summed E-state index contributed by atoms with van der Waals surface area (Å²) in [5.74, 6) is -0.380. The number of hydrogen-bond acceptors (Lipinski definition) is 4. The lowest BCUT2D eigenvalue weighted by Gasteiger charge is -2.14. The Morgan fingerprint density at radius 1 is 1.18 bits per heavy atom. The topological polar surface area (TPSA) is 64.3 Å². The van der Waals surface area contributed by atoms with E-state index in [2.05, 4.69) is 24.4 Å². The third-order valence-electron chi connectivity index (χ3n) is 3.25. The molecule has 0 saturated carbocycles. The van der Waals surface area contributed by atoms with Crippen molar-refractivity contribution in [3.63, 3.8) is 0 Å². The van der Waals surface area contributed by atoms with Crippen molar-refractivity contribution < 1.29 is 9.53 Å². The van der Waals surface area contributed by atoms with Gasteiger partial charge in [0.25, 0.3) is 0 Å². The Balaban J connectivity index is 2.27. The number of nitrogens with two attached hydrogens (primary N) is 1. The van der Waals surface area contributed by atoms with E-state index >= 15 is 0 Å². The van der Waals surface area contributed by atoms with Crippen LogP contribution in [0.3, 0.4) is 0 Å². The van der Waals surface area contributed by atoms with Gasteiger partial charge in [-0.1, -0.05) is 19.1 Å². The fourth-order valence-electron chi connectivity index (χ4n) is 2.10. The number of carbonyl (C=O) groups is 1. The minimum Gasteiger partial charge on any atom is -0.459 e. The molecule has 0 unspecified atom stereocenters. The lowest BCUT2D eigenvalue weighted by Crippen LogP contribution is -2.13. The summed E-state index contributed by atoms with van der Waals surface area (Å²) >= 11 is 0. The van der Waals surface area contributed by atoms with Crippen LogP contribution in [-0.2, 0) is 11.2 Å². The lowest BCUT2D eigenvalue weighted by atomic mass is 10.1. The van der Waals surface area contributed by atoms with Crippen molar-refractivity contribution in [2.24, 2.45) is 0 Å². The van der Waals surface area contributed by atoms with Crippen LogP contribution in [0.15, 0.2) is 42.5 Å². The molecule has 2 aromatic carbocycles. The SMILES string of the molecule is CCc1ccc(Nc2ccc(N)cc2C(=O)OC(C)C)cc1. The second-order valence-corrected chi connectivity index (χ2v) is 5.43. The van der Waals surface area contributed by atoms with E-state index in [1.54, 1.807) is 18.2 Å². The van der Waals surface area contributed by atoms with Crippen molar-refractivity contribution in [1.29, 1.82) is 0 Å². The summed E-state index contributed by atoms with van der Waals surface area (Å²) < 4.78 is 5.27. The van der Waals surface area contributed by atoms with E-state index in [0.717, 1.165) is 12.1 Å². The highest BCUT2D eigenvalue weighted by molar-refractivity contribution is 5.97. The third kappa shape index (κ3) is 4.01. The fourth-order valence-corrected chi connectivity index (χ4v) is 2.10. The van der Waals surface area contributed by atoms with Gasteiger partial charge in [0.05, 0.1) is 17.4 Å². The average Bonchev–Trinajstić information content (AvgIpc) is 2.49. The molecular weight excluding hydrogens is 276 g/mol. The first-order valence-electron chi connectivity index (χ1n) is 7.46. The Kier molecular flexibility index (Phi) is 5.04. The molecular formula is C18H22N2O2. The van der Waals surface area contributed by atoms with Crippen molar-refractivity contribution in [3.05, 3.63) is 53.6 Å². The maximum absolute atomic E-state index is 12.2. The van der Waals surface area contributed by atoms with E-state index in [-0.39, 0.29) is 12.1 Å². The number of anilines is 3. The van der Waals surface area contributed by atoms with Crippen LogP contribution in [0.1, 0.15) is 36.7 Å². The van der Waals surface area contributed by atoms with Crippen LogP contribution in [0.2, 0.25) is 0 Å². The highest BCUT2D eigenvalue weighted by atomic mass is 16.5. The smallest absolute Gasteiger partial charge is 0.340 e. The van der Waals surface area contributed by atoms with E-state index in [9.17, 15) is 4.79 Å². The summed E-state index contributed by atoms with van der Waals surface area (Å²) in [5.41, 5.74) is 9.63. The highest BCUT2D eigenvalue weighted by Gasteiger charge is 2.15. The molecule has 0 aliphatic carbocycles. The number of nitrogens with one attached hydrogen (secondary N) is 1. The number of hydrogen-bond donors (Lipinski definition) is 2. The van der Waals surface area contributed by atoms with Crippen molar-refractivity contribution >= 4 is 23.0 Å². The minimum absolute atomic E-state index is 0.175. The van der Waals surface area contributed by atoms with Gasteiger partial charge in [-0.2, -0.15) is 0 Å². The van der Waals surface area contributed by atoms with E-state index in [0.29, 0.717) is 16.9 Å². The van der Waals surface area contributed by atoms with E-state index in [4.69, 9.17) is 10.5 Å². The molecule has 0 atom stereocenters. The number of aryl methyl sites for hydroxylation is 1. The molecule has 22 heavy (non-hydrogen) atoms. The number of ether oxygens (including phenoxy) is 1. The number of carbonyl (C=O) groups excluding carboxylic acids is 1. The summed E-state index contributed by atoms with van der Waals surface area (Å²) in [5, 5.41) is 3.25.